The third-order valence-corrected chi connectivity index (χ3v) is 5.24. The van der Waals surface area contributed by atoms with E-state index in [1.54, 1.807) is 11.3 Å². The molecule has 2 heterocycles. The van der Waals surface area contributed by atoms with Gasteiger partial charge >= 0.3 is 5.97 Å². The number of aromatic nitrogens is 1. The van der Waals surface area contributed by atoms with Crippen molar-refractivity contribution in [2.45, 2.75) is 39.3 Å². The zero-order chi connectivity index (χ0) is 16.2. The van der Waals surface area contributed by atoms with Crippen LogP contribution in [0.3, 0.4) is 0 Å². The van der Waals surface area contributed by atoms with Crippen LogP contribution in [0.25, 0.3) is 0 Å². The number of hydrogen-bond acceptors (Lipinski definition) is 5. The largest absolute Gasteiger partial charge is 0.458 e. The third-order valence-electron chi connectivity index (χ3n) is 4.19. The maximum atomic E-state index is 12.7. The lowest BCUT2D eigenvalue weighted by molar-refractivity contribution is -0.151. The number of aryl methyl sites for hydroxylation is 2. The second-order valence-electron chi connectivity index (χ2n) is 5.91. The maximum absolute atomic E-state index is 12.7. The summed E-state index contributed by atoms with van der Waals surface area (Å²) in [5.41, 5.74) is 1.97. The summed E-state index contributed by atoms with van der Waals surface area (Å²) < 4.78 is 5.64. The van der Waals surface area contributed by atoms with E-state index in [0.29, 0.717) is 6.61 Å². The summed E-state index contributed by atoms with van der Waals surface area (Å²) in [5, 5.41) is 1.01. The monoisotopic (exact) mass is 330 g/mol. The molecule has 122 valence electrons. The number of rotatable bonds is 5. The maximum Gasteiger partial charge on any atom is 0.328 e. The molecule has 0 amide bonds. The predicted molar refractivity (Wildman–Crippen MR) is 91.4 cm³/mol. The number of ether oxygens (including phenoxy) is 1. The molecule has 0 aliphatic carbocycles. The molecule has 0 radical (unpaired) electrons. The van der Waals surface area contributed by atoms with Crippen molar-refractivity contribution in [1.82, 2.24) is 9.88 Å². The number of benzene rings is 1. The first-order valence-corrected chi connectivity index (χ1v) is 8.85. The average molecular weight is 330 g/mol. The Hall–Kier alpha value is -1.72. The first-order valence-electron chi connectivity index (χ1n) is 8.03. The number of esters is 1. The SMILES string of the molecule is Cc1nc(C)c(COC(=O)C(c2ccccc2)N2CCCC2)s1. The molecule has 1 aliphatic rings. The molecule has 23 heavy (non-hydrogen) atoms. The number of carbonyl (C=O) groups excluding carboxylic acids is 1. The molecule has 0 saturated carbocycles. The van der Waals surface area contributed by atoms with Gasteiger partial charge in [-0.2, -0.15) is 0 Å². The molecule has 1 atom stereocenters. The summed E-state index contributed by atoms with van der Waals surface area (Å²) in [4.78, 5) is 20.4. The Kier molecular flexibility index (Phi) is 5.08. The predicted octanol–water partition coefficient (Wildman–Crippen LogP) is 3.64. The van der Waals surface area contributed by atoms with Crippen molar-refractivity contribution >= 4 is 17.3 Å². The van der Waals surface area contributed by atoms with Crippen LogP contribution in [-0.4, -0.2) is 28.9 Å². The standard InChI is InChI=1S/C18H22N2O2S/c1-13-16(23-14(2)19-13)12-22-18(21)17(20-10-6-7-11-20)15-8-4-3-5-9-15/h3-5,8-9,17H,6-7,10-12H2,1-2H3. The number of thiazole rings is 1. The molecule has 1 fully saturated rings. The van der Waals surface area contributed by atoms with Gasteiger partial charge in [-0.15, -0.1) is 11.3 Å². The van der Waals surface area contributed by atoms with E-state index in [0.717, 1.165) is 47.1 Å². The molecular formula is C18H22N2O2S. The minimum absolute atomic E-state index is 0.163. The van der Waals surface area contributed by atoms with Gasteiger partial charge in [0.1, 0.15) is 12.6 Å². The fourth-order valence-corrected chi connectivity index (χ4v) is 3.90. The molecule has 3 rings (SSSR count). The molecule has 5 heteroatoms. The molecule has 0 spiro atoms. The van der Waals surface area contributed by atoms with Gasteiger partial charge < -0.3 is 4.74 Å². The second kappa shape index (κ2) is 7.23. The molecule has 0 bridgehead atoms. The van der Waals surface area contributed by atoms with Crippen LogP contribution in [0.5, 0.6) is 0 Å². The van der Waals surface area contributed by atoms with E-state index in [-0.39, 0.29) is 12.0 Å². The summed E-state index contributed by atoms with van der Waals surface area (Å²) in [6, 6.07) is 9.64. The van der Waals surface area contributed by atoms with E-state index in [9.17, 15) is 4.79 Å². The Bertz CT molecular complexity index is 663. The first-order chi connectivity index (χ1) is 11.1. The van der Waals surface area contributed by atoms with Gasteiger partial charge in [0, 0.05) is 0 Å². The van der Waals surface area contributed by atoms with Crippen LogP contribution in [0.2, 0.25) is 0 Å². The van der Waals surface area contributed by atoms with Crippen molar-refractivity contribution in [3.05, 3.63) is 51.5 Å². The lowest BCUT2D eigenvalue weighted by atomic mass is 10.1. The van der Waals surface area contributed by atoms with Crippen LogP contribution in [0.4, 0.5) is 0 Å². The van der Waals surface area contributed by atoms with Crippen LogP contribution >= 0.6 is 11.3 Å². The second-order valence-corrected chi connectivity index (χ2v) is 7.19. The average Bonchev–Trinajstić information content (AvgIpc) is 3.16. The van der Waals surface area contributed by atoms with E-state index < -0.39 is 0 Å². The summed E-state index contributed by atoms with van der Waals surface area (Å²) in [5.74, 6) is -0.163. The van der Waals surface area contributed by atoms with Crippen LogP contribution in [0.15, 0.2) is 30.3 Å². The van der Waals surface area contributed by atoms with E-state index in [2.05, 4.69) is 9.88 Å². The summed E-state index contributed by atoms with van der Waals surface area (Å²) in [6.07, 6.45) is 2.29. The van der Waals surface area contributed by atoms with Crippen molar-refractivity contribution < 1.29 is 9.53 Å². The van der Waals surface area contributed by atoms with Gasteiger partial charge in [0.15, 0.2) is 0 Å². The van der Waals surface area contributed by atoms with Crippen molar-refractivity contribution in [3.63, 3.8) is 0 Å². The molecule has 4 nitrogen and oxygen atoms in total. The van der Waals surface area contributed by atoms with E-state index >= 15 is 0 Å². The molecule has 1 aliphatic heterocycles. The molecule has 2 aromatic rings. The third kappa shape index (κ3) is 3.79. The van der Waals surface area contributed by atoms with Gasteiger partial charge in [-0.25, -0.2) is 9.78 Å². The number of hydrogen-bond donors (Lipinski definition) is 0. The zero-order valence-corrected chi connectivity index (χ0v) is 14.4. The van der Waals surface area contributed by atoms with Crippen molar-refractivity contribution in [2.75, 3.05) is 13.1 Å². The molecule has 1 aromatic carbocycles. The van der Waals surface area contributed by atoms with Crippen molar-refractivity contribution in [3.8, 4) is 0 Å². The Morgan fingerprint density at radius 3 is 2.57 bits per heavy atom. The van der Waals surface area contributed by atoms with Gasteiger partial charge in [0.2, 0.25) is 0 Å². The lowest BCUT2D eigenvalue weighted by Gasteiger charge is -2.26. The molecule has 1 unspecified atom stereocenters. The number of carbonyl (C=O) groups is 1. The Balaban J connectivity index is 1.74. The van der Waals surface area contributed by atoms with E-state index in [1.165, 1.54) is 0 Å². The fourth-order valence-electron chi connectivity index (χ4n) is 3.05. The molecule has 1 saturated heterocycles. The minimum atomic E-state index is -0.298. The van der Waals surface area contributed by atoms with Crippen LogP contribution in [0.1, 0.15) is 40.0 Å². The topological polar surface area (TPSA) is 42.4 Å². The van der Waals surface area contributed by atoms with Gasteiger partial charge in [-0.3, -0.25) is 4.90 Å². The van der Waals surface area contributed by atoms with Crippen molar-refractivity contribution in [1.29, 1.82) is 0 Å². The van der Waals surface area contributed by atoms with Crippen molar-refractivity contribution in [2.24, 2.45) is 0 Å². The Labute approximate surface area is 141 Å². The smallest absolute Gasteiger partial charge is 0.328 e. The molecular weight excluding hydrogens is 308 g/mol. The highest BCUT2D eigenvalue weighted by Crippen LogP contribution is 2.27. The van der Waals surface area contributed by atoms with Crippen LogP contribution in [-0.2, 0) is 16.1 Å². The number of likely N-dealkylation sites (tertiary alicyclic amines) is 1. The number of nitrogens with zero attached hydrogens (tertiary/aromatic N) is 2. The van der Waals surface area contributed by atoms with Gasteiger partial charge in [-0.1, -0.05) is 30.3 Å². The van der Waals surface area contributed by atoms with Gasteiger partial charge in [0.25, 0.3) is 0 Å². The zero-order valence-electron chi connectivity index (χ0n) is 13.6. The van der Waals surface area contributed by atoms with Gasteiger partial charge in [-0.05, 0) is 45.3 Å². The lowest BCUT2D eigenvalue weighted by Crippen LogP contribution is -2.33. The van der Waals surface area contributed by atoms with E-state index in [4.69, 9.17) is 4.74 Å². The van der Waals surface area contributed by atoms with E-state index in [1.807, 2.05) is 44.2 Å². The molecule has 0 N–H and O–H groups in total. The van der Waals surface area contributed by atoms with Crippen LogP contribution < -0.4 is 0 Å². The van der Waals surface area contributed by atoms with Crippen LogP contribution in [0, 0.1) is 13.8 Å². The van der Waals surface area contributed by atoms with Gasteiger partial charge in [0.05, 0.1) is 15.6 Å². The normalized spacial score (nSPS) is 16.4. The first kappa shape index (κ1) is 16.1. The highest BCUT2D eigenvalue weighted by Gasteiger charge is 2.31. The molecule has 1 aromatic heterocycles. The Morgan fingerprint density at radius 1 is 1.26 bits per heavy atom. The minimum Gasteiger partial charge on any atom is -0.458 e. The summed E-state index contributed by atoms with van der Waals surface area (Å²) >= 11 is 1.59. The highest BCUT2D eigenvalue weighted by molar-refractivity contribution is 7.11. The quantitative estimate of drug-likeness (QED) is 0.785. The fraction of sp³-hybridized carbons (Fsp3) is 0.444. The Morgan fingerprint density at radius 2 is 1.96 bits per heavy atom. The summed E-state index contributed by atoms with van der Waals surface area (Å²) in [6.45, 7) is 6.15. The summed E-state index contributed by atoms with van der Waals surface area (Å²) in [7, 11) is 0. The highest BCUT2D eigenvalue weighted by atomic mass is 32.1.